The Morgan fingerprint density at radius 1 is 1.00 bits per heavy atom. The van der Waals surface area contributed by atoms with E-state index in [0.29, 0.717) is 5.69 Å². The molecule has 1 atom stereocenters. The molecule has 5 nitrogen and oxygen atoms in total. The molecule has 1 amide bonds. The van der Waals surface area contributed by atoms with Crippen molar-refractivity contribution in [2.75, 3.05) is 15.9 Å². The number of carbonyl (C=O) groups is 1. The number of nitrogens with zero attached hydrogens (tertiary/aromatic N) is 1. The fraction of sp³-hybridized carbons (Fsp3) is 0.278. The summed E-state index contributed by atoms with van der Waals surface area (Å²) in [4.78, 5) is 12.7. The van der Waals surface area contributed by atoms with Crippen molar-refractivity contribution in [1.82, 2.24) is 0 Å². The van der Waals surface area contributed by atoms with Crippen LogP contribution in [-0.4, -0.2) is 26.6 Å². The van der Waals surface area contributed by atoms with Crippen molar-refractivity contribution in [3.05, 3.63) is 59.7 Å². The van der Waals surface area contributed by atoms with Gasteiger partial charge in [-0.05, 0) is 44.0 Å². The van der Waals surface area contributed by atoms with Crippen LogP contribution in [0.2, 0.25) is 0 Å². The molecule has 2 aromatic carbocycles. The number of hydrogen-bond acceptors (Lipinski definition) is 3. The summed E-state index contributed by atoms with van der Waals surface area (Å²) in [5.74, 6) is -0.373. The van der Waals surface area contributed by atoms with Crippen molar-refractivity contribution in [1.29, 1.82) is 0 Å². The maximum Gasteiger partial charge on any atom is 0.248 e. The van der Waals surface area contributed by atoms with Crippen LogP contribution in [0.5, 0.6) is 0 Å². The van der Waals surface area contributed by atoms with Crippen LogP contribution in [-0.2, 0) is 14.8 Å². The van der Waals surface area contributed by atoms with E-state index in [1.54, 1.807) is 37.3 Å². The standard InChI is InChI=1S/C18H22N2O3S/c1-13-9-8-10-14(2)17(13)19-18(21)15(3)20(24(4,22)23)16-11-6-5-7-12-16/h5-12,15H,1-4H3,(H,19,21). The quantitative estimate of drug-likeness (QED) is 0.905. The number of carbonyl (C=O) groups excluding carboxylic acids is 1. The van der Waals surface area contributed by atoms with Gasteiger partial charge in [-0.15, -0.1) is 0 Å². The minimum Gasteiger partial charge on any atom is -0.324 e. The normalized spacial score (nSPS) is 12.5. The number of anilines is 2. The predicted octanol–water partition coefficient (Wildman–Crippen LogP) is 3.10. The lowest BCUT2D eigenvalue weighted by Gasteiger charge is -2.28. The molecular weight excluding hydrogens is 324 g/mol. The molecule has 0 aromatic heterocycles. The zero-order chi connectivity index (χ0) is 17.9. The Labute approximate surface area is 143 Å². The van der Waals surface area contributed by atoms with Crippen LogP contribution < -0.4 is 9.62 Å². The number of nitrogens with one attached hydrogen (secondary N) is 1. The third kappa shape index (κ3) is 3.94. The van der Waals surface area contributed by atoms with Gasteiger partial charge in [-0.2, -0.15) is 0 Å². The summed E-state index contributed by atoms with van der Waals surface area (Å²) < 4.78 is 25.6. The van der Waals surface area contributed by atoms with Gasteiger partial charge in [0.05, 0.1) is 11.9 Å². The van der Waals surface area contributed by atoms with E-state index < -0.39 is 16.1 Å². The molecule has 0 fully saturated rings. The Hall–Kier alpha value is -2.34. The fourth-order valence-corrected chi connectivity index (χ4v) is 3.80. The van der Waals surface area contributed by atoms with Gasteiger partial charge in [-0.25, -0.2) is 8.42 Å². The molecule has 2 rings (SSSR count). The Bertz CT molecular complexity index is 812. The van der Waals surface area contributed by atoms with Crippen LogP contribution in [0, 0.1) is 13.8 Å². The smallest absolute Gasteiger partial charge is 0.248 e. The number of benzene rings is 2. The van der Waals surface area contributed by atoms with Crippen molar-refractivity contribution >= 4 is 27.3 Å². The third-order valence-electron chi connectivity index (χ3n) is 3.83. The zero-order valence-corrected chi connectivity index (χ0v) is 15.1. The Balaban J connectivity index is 2.33. The Morgan fingerprint density at radius 2 is 1.54 bits per heavy atom. The third-order valence-corrected chi connectivity index (χ3v) is 5.07. The van der Waals surface area contributed by atoms with Crippen molar-refractivity contribution < 1.29 is 13.2 Å². The largest absolute Gasteiger partial charge is 0.324 e. The molecule has 0 radical (unpaired) electrons. The molecule has 0 heterocycles. The minimum atomic E-state index is -3.60. The van der Waals surface area contributed by atoms with E-state index >= 15 is 0 Å². The first-order valence-electron chi connectivity index (χ1n) is 7.63. The van der Waals surface area contributed by atoms with Gasteiger partial charge in [0.25, 0.3) is 0 Å². The second-order valence-electron chi connectivity index (χ2n) is 5.83. The van der Waals surface area contributed by atoms with Gasteiger partial charge < -0.3 is 5.32 Å². The SMILES string of the molecule is Cc1cccc(C)c1NC(=O)C(C)N(c1ccccc1)S(C)(=O)=O. The second kappa shape index (κ2) is 7.05. The lowest BCUT2D eigenvalue weighted by atomic mass is 10.1. The van der Waals surface area contributed by atoms with E-state index in [-0.39, 0.29) is 5.91 Å². The zero-order valence-electron chi connectivity index (χ0n) is 14.3. The molecule has 0 aliphatic carbocycles. The summed E-state index contributed by atoms with van der Waals surface area (Å²) in [7, 11) is -3.60. The summed E-state index contributed by atoms with van der Waals surface area (Å²) >= 11 is 0. The molecule has 128 valence electrons. The van der Waals surface area contributed by atoms with Crippen molar-refractivity contribution in [2.45, 2.75) is 26.8 Å². The highest BCUT2D eigenvalue weighted by atomic mass is 32.2. The van der Waals surface area contributed by atoms with Gasteiger partial charge in [0.1, 0.15) is 6.04 Å². The van der Waals surface area contributed by atoms with Crippen LogP contribution in [0.15, 0.2) is 48.5 Å². The van der Waals surface area contributed by atoms with Crippen LogP contribution in [0.3, 0.4) is 0 Å². The molecule has 2 aromatic rings. The average Bonchev–Trinajstić information content (AvgIpc) is 2.50. The average molecular weight is 346 g/mol. The molecule has 6 heteroatoms. The van der Waals surface area contributed by atoms with Crippen LogP contribution in [0.4, 0.5) is 11.4 Å². The summed E-state index contributed by atoms with van der Waals surface area (Å²) in [5.41, 5.74) is 3.04. The molecule has 0 spiro atoms. The molecule has 24 heavy (non-hydrogen) atoms. The van der Waals surface area contributed by atoms with Crippen molar-refractivity contribution in [2.24, 2.45) is 0 Å². The molecule has 0 aliphatic rings. The maximum atomic E-state index is 12.7. The summed E-state index contributed by atoms with van der Waals surface area (Å²) in [5, 5.41) is 2.86. The molecular formula is C18H22N2O3S. The van der Waals surface area contributed by atoms with Gasteiger partial charge in [0, 0.05) is 5.69 Å². The molecule has 0 saturated heterocycles. The monoisotopic (exact) mass is 346 g/mol. The second-order valence-corrected chi connectivity index (χ2v) is 7.69. The van der Waals surface area contributed by atoms with Gasteiger partial charge in [0.2, 0.25) is 15.9 Å². The van der Waals surface area contributed by atoms with Crippen molar-refractivity contribution in [3.8, 4) is 0 Å². The first-order chi connectivity index (χ1) is 11.2. The van der Waals surface area contributed by atoms with E-state index in [0.717, 1.165) is 27.4 Å². The molecule has 0 bridgehead atoms. The maximum absolute atomic E-state index is 12.7. The van der Waals surface area contributed by atoms with Gasteiger partial charge in [-0.3, -0.25) is 9.10 Å². The van der Waals surface area contributed by atoms with Gasteiger partial charge in [0.15, 0.2) is 0 Å². The highest BCUT2D eigenvalue weighted by Gasteiger charge is 2.29. The first kappa shape index (κ1) is 18.0. The lowest BCUT2D eigenvalue weighted by molar-refractivity contribution is -0.116. The number of para-hydroxylation sites is 2. The molecule has 0 saturated carbocycles. The van der Waals surface area contributed by atoms with E-state index in [4.69, 9.17) is 0 Å². The lowest BCUT2D eigenvalue weighted by Crippen LogP contribution is -2.45. The molecule has 1 N–H and O–H groups in total. The number of sulfonamides is 1. The molecule has 0 aliphatic heterocycles. The van der Waals surface area contributed by atoms with Gasteiger partial charge in [-0.1, -0.05) is 36.4 Å². The summed E-state index contributed by atoms with van der Waals surface area (Å²) in [6, 6.07) is 13.5. The Morgan fingerprint density at radius 3 is 2.04 bits per heavy atom. The summed E-state index contributed by atoms with van der Waals surface area (Å²) in [6.45, 7) is 5.38. The van der Waals surface area contributed by atoms with Gasteiger partial charge >= 0.3 is 0 Å². The van der Waals surface area contributed by atoms with E-state index in [1.165, 1.54) is 0 Å². The number of rotatable bonds is 5. The minimum absolute atomic E-state index is 0.373. The van der Waals surface area contributed by atoms with Crippen LogP contribution in [0.25, 0.3) is 0 Å². The van der Waals surface area contributed by atoms with Crippen LogP contribution in [0.1, 0.15) is 18.1 Å². The van der Waals surface area contributed by atoms with E-state index in [2.05, 4.69) is 5.32 Å². The Kier molecular flexibility index (Phi) is 5.29. The topological polar surface area (TPSA) is 66.5 Å². The predicted molar refractivity (Wildman–Crippen MR) is 97.8 cm³/mol. The highest BCUT2D eigenvalue weighted by molar-refractivity contribution is 7.92. The first-order valence-corrected chi connectivity index (χ1v) is 9.48. The van der Waals surface area contributed by atoms with Crippen LogP contribution >= 0.6 is 0 Å². The summed E-state index contributed by atoms with van der Waals surface area (Å²) in [6.07, 6.45) is 1.10. The molecule has 1 unspecified atom stereocenters. The van der Waals surface area contributed by atoms with Crippen molar-refractivity contribution in [3.63, 3.8) is 0 Å². The number of aryl methyl sites for hydroxylation is 2. The van der Waals surface area contributed by atoms with E-state index in [9.17, 15) is 13.2 Å². The number of hydrogen-bond donors (Lipinski definition) is 1. The highest BCUT2D eigenvalue weighted by Crippen LogP contribution is 2.23. The number of amides is 1. The van der Waals surface area contributed by atoms with E-state index in [1.807, 2.05) is 32.0 Å². The fourth-order valence-electron chi connectivity index (χ4n) is 2.62.